The topological polar surface area (TPSA) is 64.4 Å². The van der Waals surface area contributed by atoms with Crippen LogP contribution in [0.15, 0.2) is 0 Å². The summed E-state index contributed by atoms with van der Waals surface area (Å²) >= 11 is 0. The fourth-order valence-corrected chi connectivity index (χ4v) is 2.27. The van der Waals surface area contributed by atoms with Crippen LogP contribution < -0.4 is 11.1 Å². The van der Waals surface area contributed by atoms with Gasteiger partial charge < -0.3 is 15.8 Å². The second kappa shape index (κ2) is 2.94. The molecule has 2 fully saturated rings. The number of carbonyl (C=O) groups is 1. The minimum absolute atomic E-state index is 0.0567. The second-order valence-electron chi connectivity index (χ2n) is 3.67. The number of fused-ring (bicyclic) bond motifs is 2. The van der Waals surface area contributed by atoms with Gasteiger partial charge in [-0.05, 0) is 25.7 Å². The van der Waals surface area contributed by atoms with Crippen molar-refractivity contribution >= 4 is 6.09 Å². The van der Waals surface area contributed by atoms with Crippen LogP contribution in [0.1, 0.15) is 25.7 Å². The van der Waals surface area contributed by atoms with E-state index in [-0.39, 0.29) is 6.10 Å². The normalized spacial score (nSPS) is 39.5. The van der Waals surface area contributed by atoms with Gasteiger partial charge in [0.1, 0.15) is 6.10 Å². The molecule has 0 spiro atoms. The molecule has 2 unspecified atom stereocenters. The molecule has 1 amide bonds. The molecule has 2 bridgehead atoms. The van der Waals surface area contributed by atoms with Crippen molar-refractivity contribution in [2.24, 2.45) is 5.73 Å². The lowest BCUT2D eigenvalue weighted by Gasteiger charge is -2.27. The minimum atomic E-state index is -0.638. The average Bonchev–Trinajstić information content (AvgIpc) is 2.29. The van der Waals surface area contributed by atoms with Crippen molar-refractivity contribution < 1.29 is 9.53 Å². The van der Waals surface area contributed by atoms with E-state index in [9.17, 15) is 4.79 Å². The molecule has 0 saturated carbocycles. The Balaban J connectivity index is 1.89. The molecule has 2 saturated heterocycles. The quantitative estimate of drug-likeness (QED) is 0.597. The van der Waals surface area contributed by atoms with Crippen molar-refractivity contribution in [3.05, 3.63) is 0 Å². The van der Waals surface area contributed by atoms with E-state index >= 15 is 0 Å². The van der Waals surface area contributed by atoms with Crippen LogP contribution in [0, 0.1) is 0 Å². The van der Waals surface area contributed by atoms with Gasteiger partial charge in [0, 0.05) is 12.1 Å². The van der Waals surface area contributed by atoms with E-state index in [4.69, 9.17) is 10.5 Å². The van der Waals surface area contributed by atoms with Crippen LogP contribution in [0.4, 0.5) is 4.79 Å². The first kappa shape index (κ1) is 7.86. The Morgan fingerprint density at radius 3 is 2.42 bits per heavy atom. The summed E-state index contributed by atoms with van der Waals surface area (Å²) in [6.45, 7) is 0. The molecule has 4 nitrogen and oxygen atoms in total. The zero-order chi connectivity index (χ0) is 8.55. The molecule has 0 aromatic carbocycles. The van der Waals surface area contributed by atoms with Gasteiger partial charge in [-0.15, -0.1) is 0 Å². The van der Waals surface area contributed by atoms with Gasteiger partial charge in [-0.2, -0.15) is 0 Å². The molecule has 0 aromatic heterocycles. The summed E-state index contributed by atoms with van der Waals surface area (Å²) in [6.07, 6.45) is 3.70. The van der Waals surface area contributed by atoms with Crippen LogP contribution in [0.3, 0.4) is 0 Å². The van der Waals surface area contributed by atoms with E-state index in [1.165, 1.54) is 12.8 Å². The second-order valence-corrected chi connectivity index (χ2v) is 3.67. The third kappa shape index (κ3) is 1.53. The molecule has 0 aliphatic carbocycles. The number of amides is 1. The van der Waals surface area contributed by atoms with Crippen LogP contribution >= 0.6 is 0 Å². The Morgan fingerprint density at radius 2 is 1.92 bits per heavy atom. The molecule has 2 atom stereocenters. The number of nitrogens with one attached hydrogen (secondary N) is 1. The summed E-state index contributed by atoms with van der Waals surface area (Å²) in [5.41, 5.74) is 4.95. The number of piperidine rings is 1. The van der Waals surface area contributed by atoms with Crippen molar-refractivity contribution in [1.82, 2.24) is 5.32 Å². The summed E-state index contributed by atoms with van der Waals surface area (Å²) in [6, 6.07) is 1.10. The summed E-state index contributed by atoms with van der Waals surface area (Å²) < 4.78 is 4.97. The smallest absolute Gasteiger partial charge is 0.404 e. The van der Waals surface area contributed by atoms with E-state index in [1.54, 1.807) is 0 Å². The molecule has 68 valence electrons. The highest BCUT2D eigenvalue weighted by Crippen LogP contribution is 2.28. The van der Waals surface area contributed by atoms with Gasteiger partial charge in [0.2, 0.25) is 0 Å². The lowest BCUT2D eigenvalue weighted by Crippen LogP contribution is -2.42. The number of nitrogens with two attached hydrogens (primary N) is 1. The molecular weight excluding hydrogens is 156 g/mol. The number of primary amides is 1. The molecule has 2 aliphatic rings. The summed E-state index contributed by atoms with van der Waals surface area (Å²) in [5, 5.41) is 3.46. The zero-order valence-corrected chi connectivity index (χ0v) is 6.95. The van der Waals surface area contributed by atoms with Crippen molar-refractivity contribution in [3.63, 3.8) is 0 Å². The van der Waals surface area contributed by atoms with Crippen LogP contribution in [0.25, 0.3) is 0 Å². The van der Waals surface area contributed by atoms with Crippen molar-refractivity contribution in [2.45, 2.75) is 43.9 Å². The average molecular weight is 170 g/mol. The fraction of sp³-hybridized carbons (Fsp3) is 0.875. The predicted molar refractivity (Wildman–Crippen MR) is 43.6 cm³/mol. The molecule has 3 N–H and O–H groups in total. The SMILES string of the molecule is NC(=O)OC1CC2CCC(C1)N2. The van der Waals surface area contributed by atoms with Crippen LogP contribution in [0.2, 0.25) is 0 Å². The van der Waals surface area contributed by atoms with Gasteiger partial charge in [-0.3, -0.25) is 0 Å². The van der Waals surface area contributed by atoms with Crippen LogP contribution in [-0.2, 0) is 4.74 Å². The Hall–Kier alpha value is -0.770. The van der Waals surface area contributed by atoms with E-state index in [0.29, 0.717) is 12.1 Å². The van der Waals surface area contributed by atoms with E-state index in [1.807, 2.05) is 0 Å². The highest BCUT2D eigenvalue weighted by Gasteiger charge is 2.34. The molecule has 0 aromatic rings. The molecule has 2 rings (SSSR count). The maximum Gasteiger partial charge on any atom is 0.404 e. The first-order valence-corrected chi connectivity index (χ1v) is 4.46. The number of ether oxygens (including phenoxy) is 1. The third-order valence-electron chi connectivity index (χ3n) is 2.71. The fourth-order valence-electron chi connectivity index (χ4n) is 2.27. The maximum atomic E-state index is 10.5. The Morgan fingerprint density at radius 1 is 1.33 bits per heavy atom. The van der Waals surface area contributed by atoms with Gasteiger partial charge in [0.15, 0.2) is 0 Å². The lowest BCUT2D eigenvalue weighted by atomic mass is 10.0. The first-order valence-electron chi connectivity index (χ1n) is 4.46. The highest BCUT2D eigenvalue weighted by atomic mass is 16.6. The molecule has 12 heavy (non-hydrogen) atoms. The highest BCUT2D eigenvalue weighted by molar-refractivity contribution is 5.64. The maximum absolute atomic E-state index is 10.5. The van der Waals surface area contributed by atoms with E-state index in [2.05, 4.69) is 5.32 Å². The third-order valence-corrected chi connectivity index (χ3v) is 2.71. The molecule has 2 aliphatic heterocycles. The van der Waals surface area contributed by atoms with Gasteiger partial charge in [-0.1, -0.05) is 0 Å². The Kier molecular flexibility index (Phi) is 1.92. The summed E-state index contributed by atoms with van der Waals surface area (Å²) in [5.74, 6) is 0. The zero-order valence-electron chi connectivity index (χ0n) is 6.95. The Bertz CT molecular complexity index is 183. The predicted octanol–water partition coefficient (Wildman–Crippen LogP) is 0.365. The lowest BCUT2D eigenvalue weighted by molar-refractivity contribution is 0.0740. The van der Waals surface area contributed by atoms with Crippen molar-refractivity contribution in [2.75, 3.05) is 0 Å². The van der Waals surface area contributed by atoms with Crippen molar-refractivity contribution in [3.8, 4) is 0 Å². The number of hydrogen-bond donors (Lipinski definition) is 2. The van der Waals surface area contributed by atoms with Crippen LogP contribution in [0.5, 0.6) is 0 Å². The van der Waals surface area contributed by atoms with Gasteiger partial charge in [0.05, 0.1) is 0 Å². The molecular formula is C8H14N2O2. The van der Waals surface area contributed by atoms with Crippen LogP contribution in [-0.4, -0.2) is 24.3 Å². The largest absolute Gasteiger partial charge is 0.446 e. The molecule has 0 radical (unpaired) electrons. The molecule has 2 heterocycles. The minimum Gasteiger partial charge on any atom is -0.446 e. The van der Waals surface area contributed by atoms with Gasteiger partial charge >= 0.3 is 6.09 Å². The Labute approximate surface area is 71.4 Å². The number of rotatable bonds is 1. The summed E-state index contributed by atoms with van der Waals surface area (Å²) in [7, 11) is 0. The van der Waals surface area contributed by atoms with Gasteiger partial charge in [0.25, 0.3) is 0 Å². The van der Waals surface area contributed by atoms with E-state index in [0.717, 1.165) is 12.8 Å². The monoisotopic (exact) mass is 170 g/mol. The number of carbonyl (C=O) groups excluding carboxylic acids is 1. The summed E-state index contributed by atoms with van der Waals surface area (Å²) in [4.78, 5) is 10.5. The van der Waals surface area contributed by atoms with Crippen molar-refractivity contribution in [1.29, 1.82) is 0 Å². The van der Waals surface area contributed by atoms with E-state index < -0.39 is 6.09 Å². The first-order chi connectivity index (χ1) is 5.74. The standard InChI is InChI=1S/C8H14N2O2/c9-8(11)12-7-3-5-1-2-6(4-7)10-5/h5-7,10H,1-4H2,(H2,9,11). The number of hydrogen-bond acceptors (Lipinski definition) is 3. The molecule has 4 heteroatoms. The van der Waals surface area contributed by atoms with Gasteiger partial charge in [-0.25, -0.2) is 4.79 Å².